The lowest BCUT2D eigenvalue weighted by Crippen LogP contribution is -2.49. The Hall–Kier alpha value is -2.79. The summed E-state index contributed by atoms with van der Waals surface area (Å²) in [7, 11) is 0. The number of hydrogen-bond donors (Lipinski definition) is 1. The van der Waals surface area contributed by atoms with Crippen LogP contribution in [0.15, 0.2) is 60.7 Å². The van der Waals surface area contributed by atoms with Gasteiger partial charge >= 0.3 is 0 Å². The Labute approximate surface area is 170 Å². The molecule has 0 unspecified atom stereocenters. The number of piperazine rings is 1. The number of halogens is 1. The molecule has 3 rings (SSSR count). The fourth-order valence-corrected chi connectivity index (χ4v) is 3.34. The minimum Gasteiger partial charge on any atom is -0.368 e. The van der Waals surface area contributed by atoms with Crippen molar-refractivity contribution >= 4 is 35.2 Å². The zero-order valence-corrected chi connectivity index (χ0v) is 16.4. The van der Waals surface area contributed by atoms with Crippen LogP contribution in [0.4, 0.5) is 5.69 Å². The highest BCUT2D eigenvalue weighted by molar-refractivity contribution is 6.30. The van der Waals surface area contributed by atoms with Crippen LogP contribution in [-0.4, -0.2) is 49.4 Å². The second kappa shape index (κ2) is 9.95. The van der Waals surface area contributed by atoms with E-state index < -0.39 is 0 Å². The highest BCUT2D eigenvalue weighted by atomic mass is 35.5. The van der Waals surface area contributed by atoms with Gasteiger partial charge in [0.05, 0.1) is 0 Å². The Morgan fingerprint density at radius 3 is 2.46 bits per heavy atom. The highest BCUT2D eigenvalue weighted by Crippen LogP contribution is 2.16. The molecular weight excluding hydrogens is 374 g/mol. The highest BCUT2D eigenvalue weighted by Gasteiger charge is 2.20. The van der Waals surface area contributed by atoms with Gasteiger partial charge in [-0.2, -0.15) is 0 Å². The largest absolute Gasteiger partial charge is 0.368 e. The van der Waals surface area contributed by atoms with Crippen LogP contribution in [0.25, 0.3) is 6.08 Å². The number of nitrogens with one attached hydrogen (secondary N) is 1. The van der Waals surface area contributed by atoms with Gasteiger partial charge in [0.2, 0.25) is 11.8 Å². The molecule has 1 aliphatic rings. The van der Waals surface area contributed by atoms with Crippen LogP contribution < -0.4 is 10.2 Å². The summed E-state index contributed by atoms with van der Waals surface area (Å²) < 4.78 is 0. The van der Waals surface area contributed by atoms with Crippen molar-refractivity contribution in [1.29, 1.82) is 0 Å². The Bertz CT molecular complexity index is 831. The van der Waals surface area contributed by atoms with Crippen molar-refractivity contribution in [3.8, 4) is 0 Å². The summed E-state index contributed by atoms with van der Waals surface area (Å²) >= 11 is 5.92. The number of carbonyl (C=O) groups is 2. The summed E-state index contributed by atoms with van der Waals surface area (Å²) in [5.74, 6) is -0.145. The minimum atomic E-state index is -0.221. The van der Waals surface area contributed by atoms with E-state index in [2.05, 4.69) is 22.3 Å². The van der Waals surface area contributed by atoms with Crippen LogP contribution in [0, 0.1) is 0 Å². The summed E-state index contributed by atoms with van der Waals surface area (Å²) in [4.78, 5) is 28.4. The number of nitrogens with zero attached hydrogens (tertiary/aromatic N) is 2. The topological polar surface area (TPSA) is 52.7 Å². The summed E-state index contributed by atoms with van der Waals surface area (Å²) in [6, 6.07) is 17.5. The predicted octanol–water partition coefficient (Wildman–Crippen LogP) is 3.21. The Balaban J connectivity index is 1.37. The van der Waals surface area contributed by atoms with Gasteiger partial charge in [-0.15, -0.1) is 0 Å². The molecule has 1 saturated heterocycles. The zero-order valence-electron chi connectivity index (χ0n) is 15.7. The summed E-state index contributed by atoms with van der Waals surface area (Å²) in [5, 5.41) is 3.38. The molecule has 28 heavy (non-hydrogen) atoms. The van der Waals surface area contributed by atoms with Gasteiger partial charge in [-0.1, -0.05) is 41.9 Å². The zero-order chi connectivity index (χ0) is 19.8. The molecule has 0 radical (unpaired) electrons. The third-order valence-corrected chi connectivity index (χ3v) is 4.90. The van der Waals surface area contributed by atoms with Gasteiger partial charge in [0.15, 0.2) is 0 Å². The van der Waals surface area contributed by atoms with Crippen LogP contribution in [0.3, 0.4) is 0 Å². The van der Waals surface area contributed by atoms with Crippen molar-refractivity contribution in [3.05, 3.63) is 71.3 Å². The number of hydrogen-bond acceptors (Lipinski definition) is 3. The molecule has 0 aliphatic carbocycles. The number of para-hydroxylation sites is 1. The lowest BCUT2D eigenvalue weighted by atomic mass is 10.2. The summed E-state index contributed by atoms with van der Waals surface area (Å²) in [5.41, 5.74) is 2.04. The number of benzene rings is 2. The normalized spacial score (nSPS) is 14.3. The van der Waals surface area contributed by atoms with E-state index in [0.29, 0.717) is 31.1 Å². The van der Waals surface area contributed by atoms with E-state index in [1.165, 1.54) is 11.8 Å². The Kier molecular flexibility index (Phi) is 7.09. The van der Waals surface area contributed by atoms with Crippen LogP contribution in [0.2, 0.25) is 5.02 Å². The quantitative estimate of drug-likeness (QED) is 0.761. The van der Waals surface area contributed by atoms with E-state index in [-0.39, 0.29) is 11.8 Å². The van der Waals surface area contributed by atoms with Gasteiger partial charge in [-0.05, 0) is 35.9 Å². The van der Waals surface area contributed by atoms with Crippen molar-refractivity contribution in [1.82, 2.24) is 10.2 Å². The number of carbonyl (C=O) groups excluding carboxylic acids is 2. The second-order valence-electron chi connectivity index (χ2n) is 6.63. The van der Waals surface area contributed by atoms with Gasteiger partial charge in [0.1, 0.15) is 0 Å². The van der Waals surface area contributed by atoms with Crippen LogP contribution in [0.5, 0.6) is 0 Å². The molecule has 1 heterocycles. The molecule has 0 aromatic heterocycles. The maximum Gasteiger partial charge on any atom is 0.244 e. The van der Waals surface area contributed by atoms with E-state index in [1.54, 1.807) is 18.2 Å². The predicted molar refractivity (Wildman–Crippen MR) is 113 cm³/mol. The first-order valence-electron chi connectivity index (χ1n) is 9.41. The minimum absolute atomic E-state index is 0.0758. The molecular formula is C22H24ClN3O2. The van der Waals surface area contributed by atoms with E-state index in [0.717, 1.165) is 18.7 Å². The number of rotatable bonds is 6. The first-order chi connectivity index (χ1) is 13.6. The monoisotopic (exact) mass is 397 g/mol. The molecule has 0 bridgehead atoms. The van der Waals surface area contributed by atoms with Gasteiger partial charge in [0.25, 0.3) is 0 Å². The van der Waals surface area contributed by atoms with Crippen LogP contribution in [-0.2, 0) is 9.59 Å². The molecule has 2 amide bonds. The van der Waals surface area contributed by atoms with Crippen molar-refractivity contribution in [2.45, 2.75) is 6.42 Å². The lowest BCUT2D eigenvalue weighted by molar-refractivity contribution is -0.131. The maximum absolute atomic E-state index is 12.4. The average Bonchev–Trinajstić information content (AvgIpc) is 2.73. The molecule has 1 aliphatic heterocycles. The molecule has 1 fully saturated rings. The van der Waals surface area contributed by atoms with E-state index in [4.69, 9.17) is 11.6 Å². The van der Waals surface area contributed by atoms with Crippen LogP contribution >= 0.6 is 11.6 Å². The molecule has 0 atom stereocenters. The smallest absolute Gasteiger partial charge is 0.244 e. The third-order valence-electron chi connectivity index (χ3n) is 4.67. The average molecular weight is 398 g/mol. The third kappa shape index (κ3) is 5.86. The van der Waals surface area contributed by atoms with Crippen LogP contribution in [0.1, 0.15) is 12.0 Å². The standard InChI is InChI=1S/C22H24ClN3O2/c23-19-6-4-5-18(17-19)9-10-21(27)24-12-11-22(28)26-15-13-25(14-16-26)20-7-2-1-3-8-20/h1-10,17H,11-16H2,(H,24,27)/b10-9+. The molecule has 6 heteroatoms. The summed E-state index contributed by atoms with van der Waals surface area (Å²) in [6.45, 7) is 3.39. The van der Waals surface area contributed by atoms with Gasteiger partial charge < -0.3 is 15.1 Å². The lowest BCUT2D eigenvalue weighted by Gasteiger charge is -2.36. The fourth-order valence-electron chi connectivity index (χ4n) is 3.14. The molecule has 2 aromatic carbocycles. The van der Waals surface area contributed by atoms with Crippen molar-refractivity contribution < 1.29 is 9.59 Å². The Morgan fingerprint density at radius 2 is 1.75 bits per heavy atom. The molecule has 0 spiro atoms. The van der Waals surface area contributed by atoms with Gasteiger partial charge in [0, 0.05) is 55.9 Å². The van der Waals surface area contributed by atoms with Gasteiger partial charge in [-0.3, -0.25) is 9.59 Å². The summed E-state index contributed by atoms with van der Waals surface area (Å²) in [6.07, 6.45) is 3.46. The van der Waals surface area contributed by atoms with Crippen molar-refractivity contribution in [2.24, 2.45) is 0 Å². The van der Waals surface area contributed by atoms with Crippen molar-refractivity contribution in [3.63, 3.8) is 0 Å². The SMILES string of the molecule is O=C(/C=C/c1cccc(Cl)c1)NCCC(=O)N1CCN(c2ccccc2)CC1. The van der Waals surface area contributed by atoms with E-state index in [9.17, 15) is 9.59 Å². The maximum atomic E-state index is 12.4. The first-order valence-corrected chi connectivity index (χ1v) is 9.79. The first kappa shape index (κ1) is 20.0. The molecule has 146 valence electrons. The van der Waals surface area contributed by atoms with E-state index >= 15 is 0 Å². The molecule has 1 N–H and O–H groups in total. The fraction of sp³-hybridized carbons (Fsp3) is 0.273. The number of anilines is 1. The van der Waals surface area contributed by atoms with E-state index in [1.807, 2.05) is 35.2 Å². The Morgan fingerprint density at radius 1 is 1.00 bits per heavy atom. The molecule has 5 nitrogen and oxygen atoms in total. The van der Waals surface area contributed by atoms with Crippen molar-refractivity contribution in [2.75, 3.05) is 37.6 Å². The molecule has 2 aromatic rings. The second-order valence-corrected chi connectivity index (χ2v) is 7.07. The molecule has 0 saturated carbocycles. The van der Waals surface area contributed by atoms with Gasteiger partial charge in [-0.25, -0.2) is 0 Å². The number of amides is 2.